The minimum Gasteiger partial charge on any atom is -0.326 e. The molecule has 5 nitrogen and oxygen atoms in total. The molecular weight excluding hydrogens is 367 g/mol. The molecule has 148 valence electrons. The summed E-state index contributed by atoms with van der Waals surface area (Å²) in [5.41, 5.74) is 2.57. The number of hydrogen-bond donors (Lipinski definition) is 2. The van der Waals surface area contributed by atoms with Crippen LogP contribution in [0, 0.1) is 31.5 Å². The second kappa shape index (κ2) is 9.33. The van der Waals surface area contributed by atoms with Crippen LogP contribution in [0.2, 0.25) is 0 Å². The van der Waals surface area contributed by atoms with Crippen molar-refractivity contribution in [2.24, 2.45) is 11.8 Å². The Labute approximate surface area is 166 Å². The second-order valence-corrected chi connectivity index (χ2v) is 7.34. The molecule has 27 heavy (non-hydrogen) atoms. The van der Waals surface area contributed by atoms with E-state index in [2.05, 4.69) is 22.7 Å². The minimum absolute atomic E-state index is 0. The molecule has 1 aromatic carbocycles. The van der Waals surface area contributed by atoms with Crippen molar-refractivity contribution in [3.05, 3.63) is 41.5 Å². The van der Waals surface area contributed by atoms with Crippen molar-refractivity contribution >= 4 is 24.0 Å². The molecule has 1 saturated heterocycles. The first-order chi connectivity index (χ1) is 12.4. The number of nitrogens with one attached hydrogen (secondary N) is 2. The molecule has 0 spiro atoms. The summed E-state index contributed by atoms with van der Waals surface area (Å²) in [7, 11) is 0. The van der Waals surface area contributed by atoms with Crippen molar-refractivity contribution in [1.29, 1.82) is 0 Å². The number of piperidine rings is 1. The van der Waals surface area contributed by atoms with E-state index in [-0.39, 0.29) is 18.3 Å². The first-order valence-electron chi connectivity index (χ1n) is 9.28. The lowest BCUT2D eigenvalue weighted by Gasteiger charge is -2.28. The number of hydrogen-bond acceptors (Lipinski definition) is 3. The molecule has 7 heteroatoms. The monoisotopic (exact) mass is 394 g/mol. The Bertz CT molecular complexity index is 786. The Morgan fingerprint density at radius 2 is 2.19 bits per heavy atom. The molecule has 3 rings (SSSR count). The third-order valence-electron chi connectivity index (χ3n) is 5.12. The molecule has 2 aromatic rings. The SMILES string of the molecule is Cc1cc(C)n(-c2ccc(NC(=O)CC(C)C3CCCNC3)cc2F)n1.Cl. The van der Waals surface area contributed by atoms with Crippen LogP contribution < -0.4 is 10.6 Å². The lowest BCUT2D eigenvalue weighted by molar-refractivity contribution is -0.117. The average molecular weight is 395 g/mol. The van der Waals surface area contributed by atoms with Gasteiger partial charge in [0.1, 0.15) is 5.69 Å². The Kier molecular flexibility index (Phi) is 7.39. The van der Waals surface area contributed by atoms with Crippen molar-refractivity contribution < 1.29 is 9.18 Å². The van der Waals surface area contributed by atoms with Gasteiger partial charge in [0.15, 0.2) is 5.82 Å². The molecule has 0 aliphatic carbocycles. The standard InChI is InChI=1S/C20H27FN4O.ClH/c1-13(16-5-4-8-22-12-16)9-20(26)23-17-6-7-19(18(21)11-17)25-15(3)10-14(2)24-25;/h6-7,10-11,13,16,22H,4-5,8-9,12H2,1-3H3,(H,23,26);1H. The van der Waals surface area contributed by atoms with Gasteiger partial charge in [-0.2, -0.15) is 5.10 Å². The predicted octanol–water partition coefficient (Wildman–Crippen LogP) is 4.01. The normalized spacial score (nSPS) is 17.9. The Morgan fingerprint density at radius 3 is 2.78 bits per heavy atom. The van der Waals surface area contributed by atoms with Crippen molar-refractivity contribution in [3.8, 4) is 5.69 Å². The zero-order chi connectivity index (χ0) is 18.7. The van der Waals surface area contributed by atoms with E-state index in [0.29, 0.717) is 29.6 Å². The molecule has 1 aromatic heterocycles. The number of nitrogens with zero attached hydrogens (tertiary/aromatic N) is 2. The smallest absolute Gasteiger partial charge is 0.224 e. The van der Waals surface area contributed by atoms with Gasteiger partial charge >= 0.3 is 0 Å². The highest BCUT2D eigenvalue weighted by atomic mass is 35.5. The van der Waals surface area contributed by atoms with Gasteiger partial charge in [-0.25, -0.2) is 9.07 Å². The number of aryl methyl sites for hydroxylation is 2. The third kappa shape index (κ3) is 5.30. The fourth-order valence-electron chi connectivity index (χ4n) is 3.66. The number of carbonyl (C=O) groups excluding carboxylic acids is 1. The van der Waals surface area contributed by atoms with E-state index in [1.807, 2.05) is 19.9 Å². The maximum Gasteiger partial charge on any atom is 0.224 e. The molecule has 1 amide bonds. The van der Waals surface area contributed by atoms with Gasteiger partial charge in [0.05, 0.1) is 5.69 Å². The molecule has 2 unspecified atom stereocenters. The lowest BCUT2D eigenvalue weighted by atomic mass is 9.85. The van der Waals surface area contributed by atoms with Crippen LogP contribution in [0.3, 0.4) is 0 Å². The van der Waals surface area contributed by atoms with Crippen molar-refractivity contribution in [3.63, 3.8) is 0 Å². The summed E-state index contributed by atoms with van der Waals surface area (Å²) >= 11 is 0. The van der Waals surface area contributed by atoms with Gasteiger partial charge in [-0.3, -0.25) is 4.79 Å². The van der Waals surface area contributed by atoms with E-state index >= 15 is 0 Å². The molecule has 2 N–H and O–H groups in total. The largest absolute Gasteiger partial charge is 0.326 e. The van der Waals surface area contributed by atoms with Crippen molar-refractivity contribution in [2.45, 2.75) is 40.0 Å². The number of amides is 1. The van der Waals surface area contributed by atoms with Crippen LogP contribution in [0.1, 0.15) is 37.6 Å². The number of halogens is 2. The molecular formula is C20H28ClFN4O. The van der Waals surface area contributed by atoms with Crippen LogP contribution >= 0.6 is 12.4 Å². The van der Waals surface area contributed by atoms with Crippen LogP contribution in [0.15, 0.2) is 24.3 Å². The fourth-order valence-corrected chi connectivity index (χ4v) is 3.66. The van der Waals surface area contributed by atoms with Crippen LogP contribution in [-0.2, 0) is 4.79 Å². The van der Waals surface area contributed by atoms with Gasteiger partial charge in [0.25, 0.3) is 0 Å². The Morgan fingerprint density at radius 1 is 1.41 bits per heavy atom. The van der Waals surface area contributed by atoms with Crippen molar-refractivity contribution in [1.82, 2.24) is 15.1 Å². The highest BCUT2D eigenvalue weighted by Crippen LogP contribution is 2.24. The van der Waals surface area contributed by atoms with E-state index in [9.17, 15) is 9.18 Å². The summed E-state index contributed by atoms with van der Waals surface area (Å²) in [4.78, 5) is 12.3. The van der Waals surface area contributed by atoms with E-state index in [1.54, 1.807) is 16.8 Å². The van der Waals surface area contributed by atoms with E-state index < -0.39 is 5.82 Å². The van der Waals surface area contributed by atoms with Crippen LogP contribution in [0.25, 0.3) is 5.69 Å². The molecule has 0 bridgehead atoms. The van der Waals surface area contributed by atoms with Crippen LogP contribution in [-0.4, -0.2) is 28.8 Å². The summed E-state index contributed by atoms with van der Waals surface area (Å²) in [5.74, 6) is 0.362. The van der Waals surface area contributed by atoms with Crippen LogP contribution in [0.5, 0.6) is 0 Å². The fraction of sp³-hybridized carbons (Fsp3) is 0.500. The summed E-state index contributed by atoms with van der Waals surface area (Å²) in [6, 6.07) is 6.63. The molecule has 1 aliphatic heterocycles. The van der Waals surface area contributed by atoms with Gasteiger partial charge in [-0.15, -0.1) is 12.4 Å². The second-order valence-electron chi connectivity index (χ2n) is 7.34. The Hall–Kier alpha value is -1.92. The summed E-state index contributed by atoms with van der Waals surface area (Å²) in [6.45, 7) is 7.91. The lowest BCUT2D eigenvalue weighted by Crippen LogP contribution is -2.34. The zero-order valence-electron chi connectivity index (χ0n) is 16.1. The molecule has 2 atom stereocenters. The van der Waals surface area contributed by atoms with E-state index in [1.165, 1.54) is 6.07 Å². The number of anilines is 1. The highest BCUT2D eigenvalue weighted by molar-refractivity contribution is 5.91. The van der Waals surface area contributed by atoms with E-state index in [4.69, 9.17) is 0 Å². The minimum atomic E-state index is -0.404. The zero-order valence-corrected chi connectivity index (χ0v) is 16.9. The highest BCUT2D eigenvalue weighted by Gasteiger charge is 2.22. The molecule has 2 heterocycles. The van der Waals surface area contributed by atoms with Gasteiger partial charge in [0.2, 0.25) is 5.91 Å². The first-order valence-corrected chi connectivity index (χ1v) is 9.28. The topological polar surface area (TPSA) is 59.0 Å². The van der Waals surface area contributed by atoms with Gasteiger partial charge in [-0.1, -0.05) is 6.92 Å². The summed E-state index contributed by atoms with van der Waals surface area (Å²) < 4.78 is 16.1. The Balaban J connectivity index is 0.00000261. The predicted molar refractivity (Wildman–Crippen MR) is 108 cm³/mol. The van der Waals surface area contributed by atoms with Gasteiger partial charge in [-0.05, 0) is 75.9 Å². The summed E-state index contributed by atoms with van der Waals surface area (Å²) in [6.07, 6.45) is 2.77. The maximum absolute atomic E-state index is 14.5. The first kappa shape index (κ1) is 21.4. The number of rotatable bonds is 5. The molecule has 0 radical (unpaired) electrons. The molecule has 0 saturated carbocycles. The molecule has 1 fully saturated rings. The number of carbonyl (C=O) groups is 1. The molecule has 1 aliphatic rings. The summed E-state index contributed by atoms with van der Waals surface area (Å²) in [5, 5.41) is 10.5. The van der Waals surface area contributed by atoms with E-state index in [0.717, 1.165) is 37.3 Å². The number of benzene rings is 1. The van der Waals surface area contributed by atoms with Crippen LogP contribution in [0.4, 0.5) is 10.1 Å². The average Bonchev–Trinajstić information content (AvgIpc) is 2.93. The van der Waals surface area contributed by atoms with Crippen molar-refractivity contribution in [2.75, 3.05) is 18.4 Å². The maximum atomic E-state index is 14.5. The quantitative estimate of drug-likeness (QED) is 0.805. The number of aromatic nitrogens is 2. The third-order valence-corrected chi connectivity index (χ3v) is 5.12. The van der Waals surface area contributed by atoms with Gasteiger partial charge in [0, 0.05) is 17.8 Å². The van der Waals surface area contributed by atoms with Gasteiger partial charge < -0.3 is 10.6 Å².